The number of carboxylic acid groups (broad SMARTS) is 6. The van der Waals surface area contributed by atoms with Crippen LogP contribution < -0.4 is 74.4 Å². The summed E-state index contributed by atoms with van der Waals surface area (Å²) in [7, 11) is 1.35. The van der Waals surface area contributed by atoms with Gasteiger partial charge in [0.15, 0.2) is 6.04 Å². The van der Waals surface area contributed by atoms with Crippen LogP contribution in [0.25, 0.3) is 21.8 Å². The molecule has 0 saturated carbocycles. The third-order valence-electron chi connectivity index (χ3n) is 21.9. The summed E-state index contributed by atoms with van der Waals surface area (Å²) in [6, 6.07) is -10.1. The standard InChI is InChI=1S/C88H120N22O28S2/c1-42(2)28-59-75(121)92-36-67(113)95-56(21-23-68(114)115)76(122)98-60(29-43(3)4)80(126)105-71(44(5)6)83(129)99-61(30-48-33-90-54-18-12-10-16-51(48)54)77(123)102-65(82(128)107-73(47(9)111)87(135)136)40-140-139-39-64(81(127)94-46(8)74(120)106-72(45(7)53-35-91-55-19-13-11-17-52(53)55)84(130)100-62(78(124)97-59)31-49-34-89-41-93-49)101-79(125)63(32-70(118)119)96-66(112)25-27-138-38-50-37-110(109-108-50)26-15-14-20-57(85(131)132)103-88(137)104-58(86(133)134)22-24-69(116)117/h10-13,16-19,33-35,37,41-47,56-61,63-65,71-73,90-91,111H,14-15,20-32,36,38-40H2,1-9H3,(H,89,93)(H,92,121)(H,94,127)(H,95,113)(H,96,112)(H,97,124)(H,98,122)(H,99,129)(H,101,125)(H,102,123)(H,105,126)(H,106,120)(H,107,128)(H,114,115)(H,116,117)(H,118,119)(H,131,132)(H,133,134)(H,135,136)(H2,103,104,137)/b100-62-/t45-,46+,47-,56+,57+,58+,59+,60+,61+,63+,64+,65+,71+,72+,73+/m1/s1. The number of aliphatic hydroxyl groups excluding tert-OH is 1. The maximum atomic E-state index is 15.3. The van der Waals surface area contributed by atoms with E-state index in [1.807, 2.05) is 5.32 Å². The number of hydrogen-bond donors (Lipinski definition) is 24. The molecule has 15 amide bonds. The summed E-state index contributed by atoms with van der Waals surface area (Å²) in [6.07, 6.45) is 0.489. The number of imidazole rings is 1. The monoisotopic (exact) mass is 2000 g/mol. The second kappa shape index (κ2) is 55.2. The fourth-order valence-corrected chi connectivity index (χ4v) is 16.8. The molecule has 6 aromatic rings. The minimum atomic E-state index is -2.04. The van der Waals surface area contributed by atoms with Crippen LogP contribution in [0.3, 0.4) is 0 Å². The zero-order valence-corrected chi connectivity index (χ0v) is 79.7. The number of fused-ring (bicyclic) bond motifs is 2. The molecule has 50 nitrogen and oxygen atoms in total. The molecule has 2 aromatic carbocycles. The number of rotatable bonds is 40. The number of nitrogens with one attached hydrogen (secondary N) is 17. The van der Waals surface area contributed by atoms with E-state index in [1.165, 1.54) is 50.4 Å². The fraction of sp³-hybridized carbons (Fsp3) is 0.523. The number of para-hydroxylation sites is 2. The number of carboxylic acids is 6. The number of aliphatic imine (C=N–C) groups is 1. The van der Waals surface area contributed by atoms with Crippen LogP contribution in [0, 0.1) is 17.8 Å². The summed E-state index contributed by atoms with van der Waals surface area (Å²) in [5.41, 5.74) is 1.74. The number of ether oxygens (including phenoxy) is 1. The fourth-order valence-electron chi connectivity index (χ4n) is 14.5. The number of amides is 15. The quantitative estimate of drug-likeness (QED) is 0.0158. The van der Waals surface area contributed by atoms with Crippen LogP contribution in [-0.2, 0) is 122 Å². The second-order valence-electron chi connectivity index (χ2n) is 34.5. The molecule has 0 radical (unpaired) electrons. The highest BCUT2D eigenvalue weighted by Gasteiger charge is 2.40. The number of nitrogens with zero attached hydrogens (tertiary/aromatic N) is 5. The van der Waals surface area contributed by atoms with E-state index in [0.717, 1.165) is 13.8 Å². The minimum Gasteiger partial charge on any atom is -0.481 e. The molecule has 140 heavy (non-hydrogen) atoms. The number of H-pyrrole nitrogens is 3. The molecule has 0 spiro atoms. The molecule has 0 unspecified atom stereocenters. The number of hydrogen-bond acceptors (Lipinski definition) is 27. The van der Waals surface area contributed by atoms with Gasteiger partial charge in [0, 0.05) is 96.5 Å². The number of aromatic amines is 3. The average Bonchev–Trinajstić information content (AvgIpc) is 1.64. The molecule has 24 N–H and O–H groups in total. The van der Waals surface area contributed by atoms with Crippen molar-refractivity contribution in [3.05, 3.63) is 102 Å². The van der Waals surface area contributed by atoms with Crippen LogP contribution in [0.5, 0.6) is 0 Å². The predicted octanol–water partition coefficient (Wildman–Crippen LogP) is -1.22. The Morgan fingerprint density at radius 2 is 1.18 bits per heavy atom. The molecule has 5 heterocycles. The Bertz CT molecular complexity index is 5430. The van der Waals surface area contributed by atoms with Crippen molar-refractivity contribution in [2.75, 3.05) is 24.7 Å². The number of aromatic nitrogens is 7. The molecule has 0 aliphatic carbocycles. The van der Waals surface area contributed by atoms with Crippen molar-refractivity contribution in [1.82, 2.24) is 109 Å². The number of aliphatic hydroxyl groups is 1. The molecular formula is C88H120N22O28S2. The van der Waals surface area contributed by atoms with E-state index < -0.39 is 296 Å². The normalized spacial score (nSPS) is 20.9. The molecule has 0 bridgehead atoms. The van der Waals surface area contributed by atoms with Crippen LogP contribution in [0.2, 0.25) is 0 Å². The van der Waals surface area contributed by atoms with Gasteiger partial charge in [-0.05, 0) is 99.8 Å². The van der Waals surface area contributed by atoms with Gasteiger partial charge in [-0.25, -0.2) is 29.2 Å². The van der Waals surface area contributed by atoms with E-state index in [2.05, 4.69) is 104 Å². The van der Waals surface area contributed by atoms with E-state index in [-0.39, 0.29) is 69.0 Å². The van der Waals surface area contributed by atoms with Crippen LogP contribution in [0.4, 0.5) is 4.79 Å². The van der Waals surface area contributed by atoms with Gasteiger partial charge in [-0.2, -0.15) is 0 Å². The van der Waals surface area contributed by atoms with Crippen LogP contribution in [-0.4, -0.2) is 304 Å². The molecule has 15 atom stereocenters. The Kier molecular flexibility index (Phi) is 44.4. The Morgan fingerprint density at radius 1 is 0.571 bits per heavy atom. The van der Waals surface area contributed by atoms with Gasteiger partial charge in [-0.3, -0.25) is 81.4 Å². The maximum Gasteiger partial charge on any atom is 0.328 e. The summed E-state index contributed by atoms with van der Waals surface area (Å²) in [5.74, 6) is -27.6. The number of aliphatic carboxylic acids is 6. The largest absolute Gasteiger partial charge is 0.481 e. The third kappa shape index (κ3) is 36.5. The predicted molar refractivity (Wildman–Crippen MR) is 500 cm³/mol. The van der Waals surface area contributed by atoms with Gasteiger partial charge in [0.1, 0.15) is 83.9 Å². The van der Waals surface area contributed by atoms with E-state index in [0.29, 0.717) is 54.5 Å². The highest BCUT2D eigenvalue weighted by atomic mass is 33.1. The first kappa shape index (κ1) is 113. The van der Waals surface area contributed by atoms with E-state index in [1.54, 1.807) is 82.4 Å². The topological polar surface area (TPSA) is 764 Å². The van der Waals surface area contributed by atoms with Crippen molar-refractivity contribution >= 4 is 168 Å². The minimum absolute atomic E-state index is 0.129. The number of carbonyl (C=O) groups excluding carboxylic acids is 14. The zero-order chi connectivity index (χ0) is 103. The van der Waals surface area contributed by atoms with Gasteiger partial charge in [0.2, 0.25) is 65.0 Å². The summed E-state index contributed by atoms with van der Waals surface area (Å²) in [4.78, 5) is 293. The van der Waals surface area contributed by atoms with Gasteiger partial charge in [-0.1, -0.05) is 112 Å². The maximum absolute atomic E-state index is 15.3. The highest BCUT2D eigenvalue weighted by molar-refractivity contribution is 8.76. The lowest BCUT2D eigenvalue weighted by Crippen LogP contribution is -2.61. The highest BCUT2D eigenvalue weighted by Crippen LogP contribution is 2.30. The smallest absolute Gasteiger partial charge is 0.328 e. The zero-order valence-electron chi connectivity index (χ0n) is 78.1. The molecule has 4 aromatic heterocycles. The summed E-state index contributed by atoms with van der Waals surface area (Å²) < 4.78 is 7.02. The lowest BCUT2D eigenvalue weighted by atomic mass is 9.92. The lowest BCUT2D eigenvalue weighted by molar-refractivity contribution is -0.145. The summed E-state index contributed by atoms with van der Waals surface area (Å²) in [5, 5.41) is 112. The average molecular weight is 2000 g/mol. The Balaban J connectivity index is 1.24. The molecule has 7 rings (SSSR count). The van der Waals surface area contributed by atoms with Gasteiger partial charge in [0.05, 0.1) is 50.5 Å². The van der Waals surface area contributed by atoms with Gasteiger partial charge in [-0.15, -0.1) is 5.10 Å². The van der Waals surface area contributed by atoms with Gasteiger partial charge >= 0.3 is 41.8 Å². The first-order chi connectivity index (χ1) is 66.2. The molecule has 0 fully saturated rings. The SMILES string of the molecule is CC(C)C[C@@H]1NC(=O)/C(Cc2c[nH]cn2)=N\C(=O)[C@H]([C@H](C)c2c[nH]c3ccccc23)NC(=O)[C@H](C)NC(=O)[C@@H](NC(=O)[C@H](CC(=O)O)NC(=O)CCOCc2cn(CCCC[C@H](NC(=O)N[C@@H](CCC(=O)O)C(=O)O)C(=O)O)nn2)CSSC[C@@H](C(=O)N[C@H](C(=O)O)[C@@H](C)O)NC(=O)[C@H](Cc2c[nH]c3ccccc23)NC(=O)[C@H](C(C)C)NC(=O)[C@H](CC(C)C)NC(=O)[C@H](CCC(=O)O)NC(=O)CNC1=O. The molecule has 762 valence electrons. The third-order valence-corrected chi connectivity index (χ3v) is 24.3. The number of urea groups is 1. The van der Waals surface area contributed by atoms with Crippen molar-refractivity contribution in [3.8, 4) is 0 Å². The van der Waals surface area contributed by atoms with E-state index >= 15 is 24.0 Å². The molecule has 1 aliphatic rings. The number of unbranched alkanes of at least 4 members (excludes halogenated alkanes) is 1. The molecule has 0 saturated heterocycles. The lowest BCUT2D eigenvalue weighted by Gasteiger charge is -2.29. The van der Waals surface area contributed by atoms with Crippen molar-refractivity contribution in [1.29, 1.82) is 0 Å². The van der Waals surface area contributed by atoms with Crippen molar-refractivity contribution in [2.45, 2.75) is 250 Å². The molecule has 1 aliphatic heterocycles. The van der Waals surface area contributed by atoms with Crippen LogP contribution >= 0.6 is 21.6 Å². The van der Waals surface area contributed by atoms with Crippen molar-refractivity contribution < 1.29 is 136 Å². The van der Waals surface area contributed by atoms with Gasteiger partial charge in [0.25, 0.3) is 11.8 Å². The van der Waals surface area contributed by atoms with Crippen LogP contribution in [0.1, 0.15) is 161 Å². The summed E-state index contributed by atoms with van der Waals surface area (Å²) >= 11 is 0. The molecule has 52 heteroatoms. The summed E-state index contributed by atoms with van der Waals surface area (Å²) in [6.45, 7) is 12.1. The first-order valence-electron chi connectivity index (χ1n) is 44.9. The van der Waals surface area contributed by atoms with E-state index in [9.17, 15) is 103 Å². The number of aryl methyl sites for hydroxylation is 1. The number of carbonyl (C=O) groups is 20. The van der Waals surface area contributed by atoms with Crippen LogP contribution in [0.15, 0.2) is 84.6 Å². The Morgan fingerprint density at radius 3 is 1.80 bits per heavy atom. The first-order valence-corrected chi connectivity index (χ1v) is 47.3. The Hall–Kier alpha value is -14.4. The number of benzene rings is 2. The van der Waals surface area contributed by atoms with Gasteiger partial charge < -0.3 is 130 Å². The van der Waals surface area contributed by atoms with Crippen molar-refractivity contribution in [3.63, 3.8) is 0 Å². The van der Waals surface area contributed by atoms with Crippen molar-refractivity contribution in [2.24, 2.45) is 22.7 Å². The second-order valence-corrected chi connectivity index (χ2v) is 37.0. The van der Waals surface area contributed by atoms with E-state index in [4.69, 9.17) is 9.84 Å². The Labute approximate surface area is 808 Å². The molecular weight excluding hydrogens is 1880 g/mol.